The van der Waals surface area contributed by atoms with Gasteiger partial charge in [0.25, 0.3) is 0 Å². The third-order valence-electron chi connectivity index (χ3n) is 4.27. The van der Waals surface area contributed by atoms with Crippen LogP contribution < -0.4 is 5.32 Å². The standard InChI is InChI=1S/C15H22N2/c1-2-14-7-5-9-17(14)11-13-10-12-6-3-4-8-15(12)16-13/h3-4,6,8,13-14,16H,2,5,7,9-11H2,1H3. The lowest BCUT2D eigenvalue weighted by molar-refractivity contribution is 0.239. The summed E-state index contributed by atoms with van der Waals surface area (Å²) in [6.07, 6.45) is 5.29. The van der Waals surface area contributed by atoms with Crippen molar-refractivity contribution in [1.82, 2.24) is 4.90 Å². The van der Waals surface area contributed by atoms with Gasteiger partial charge in [-0.2, -0.15) is 0 Å². The minimum Gasteiger partial charge on any atom is -0.380 e. The molecular weight excluding hydrogens is 208 g/mol. The molecule has 1 saturated heterocycles. The van der Waals surface area contributed by atoms with E-state index in [4.69, 9.17) is 0 Å². The van der Waals surface area contributed by atoms with Crippen molar-refractivity contribution < 1.29 is 0 Å². The number of nitrogens with one attached hydrogen (secondary N) is 1. The highest BCUT2D eigenvalue weighted by Crippen LogP contribution is 2.27. The Bertz CT molecular complexity index is 363. The highest BCUT2D eigenvalue weighted by molar-refractivity contribution is 5.56. The molecule has 0 bridgehead atoms. The van der Waals surface area contributed by atoms with Crippen molar-refractivity contribution in [2.75, 3.05) is 18.4 Å². The van der Waals surface area contributed by atoms with Gasteiger partial charge >= 0.3 is 0 Å². The fourth-order valence-corrected chi connectivity index (χ4v) is 3.37. The zero-order valence-corrected chi connectivity index (χ0v) is 10.7. The SMILES string of the molecule is CCC1CCCN1CC1Cc2ccccc2N1. The molecule has 1 aromatic carbocycles. The molecule has 1 aromatic rings. The summed E-state index contributed by atoms with van der Waals surface area (Å²) in [5.41, 5.74) is 2.84. The van der Waals surface area contributed by atoms with E-state index in [-0.39, 0.29) is 0 Å². The number of hydrogen-bond donors (Lipinski definition) is 1. The number of fused-ring (bicyclic) bond motifs is 1. The Morgan fingerprint density at radius 3 is 3.06 bits per heavy atom. The second kappa shape index (κ2) is 4.69. The van der Waals surface area contributed by atoms with Crippen molar-refractivity contribution in [3.63, 3.8) is 0 Å². The van der Waals surface area contributed by atoms with Gasteiger partial charge in [-0.25, -0.2) is 0 Å². The number of rotatable bonds is 3. The Labute approximate surface area is 104 Å². The van der Waals surface area contributed by atoms with Gasteiger partial charge in [-0.1, -0.05) is 25.1 Å². The zero-order chi connectivity index (χ0) is 11.7. The summed E-state index contributed by atoms with van der Waals surface area (Å²) in [7, 11) is 0. The zero-order valence-electron chi connectivity index (χ0n) is 10.7. The van der Waals surface area contributed by atoms with Crippen molar-refractivity contribution in [2.45, 2.75) is 44.7 Å². The molecule has 0 spiro atoms. The molecule has 1 fully saturated rings. The largest absolute Gasteiger partial charge is 0.380 e. The molecule has 0 radical (unpaired) electrons. The quantitative estimate of drug-likeness (QED) is 0.859. The van der Waals surface area contributed by atoms with E-state index in [0.717, 1.165) is 6.04 Å². The minimum atomic E-state index is 0.625. The van der Waals surface area contributed by atoms with Gasteiger partial charge in [0.1, 0.15) is 0 Å². The Morgan fingerprint density at radius 2 is 2.24 bits per heavy atom. The first-order valence-electron chi connectivity index (χ1n) is 6.95. The van der Waals surface area contributed by atoms with Crippen LogP contribution in [0.15, 0.2) is 24.3 Å². The number of hydrogen-bond acceptors (Lipinski definition) is 2. The average molecular weight is 230 g/mol. The van der Waals surface area contributed by atoms with Gasteiger partial charge in [-0.15, -0.1) is 0 Å². The Kier molecular flexibility index (Phi) is 3.06. The van der Waals surface area contributed by atoms with Gasteiger partial charge in [0.15, 0.2) is 0 Å². The third kappa shape index (κ3) is 2.19. The molecule has 2 atom stereocenters. The summed E-state index contributed by atoms with van der Waals surface area (Å²) >= 11 is 0. The van der Waals surface area contributed by atoms with E-state index in [9.17, 15) is 0 Å². The van der Waals surface area contributed by atoms with Crippen LogP contribution in [0, 0.1) is 0 Å². The van der Waals surface area contributed by atoms with Crippen LogP contribution in [0.5, 0.6) is 0 Å². The Hall–Kier alpha value is -1.02. The van der Waals surface area contributed by atoms with Crippen LogP contribution in [-0.2, 0) is 6.42 Å². The lowest BCUT2D eigenvalue weighted by atomic mass is 10.1. The number of anilines is 1. The molecule has 0 saturated carbocycles. The molecule has 1 N–H and O–H groups in total. The Balaban J connectivity index is 1.62. The number of likely N-dealkylation sites (tertiary alicyclic amines) is 1. The van der Waals surface area contributed by atoms with E-state index in [2.05, 4.69) is 41.4 Å². The number of para-hydroxylation sites is 1. The van der Waals surface area contributed by atoms with Crippen LogP contribution in [0.25, 0.3) is 0 Å². The van der Waals surface area contributed by atoms with Gasteiger partial charge in [0, 0.05) is 24.3 Å². The molecule has 2 aliphatic heterocycles. The van der Waals surface area contributed by atoms with Crippen LogP contribution in [0.2, 0.25) is 0 Å². The average Bonchev–Trinajstić information content (AvgIpc) is 2.94. The lowest BCUT2D eigenvalue weighted by Gasteiger charge is -2.26. The first-order chi connectivity index (χ1) is 8.36. The predicted octanol–water partition coefficient (Wildman–Crippen LogP) is 2.90. The van der Waals surface area contributed by atoms with Gasteiger partial charge in [-0.3, -0.25) is 4.90 Å². The first-order valence-corrected chi connectivity index (χ1v) is 6.95. The molecule has 17 heavy (non-hydrogen) atoms. The van der Waals surface area contributed by atoms with E-state index in [0.29, 0.717) is 6.04 Å². The second-order valence-corrected chi connectivity index (χ2v) is 5.40. The monoisotopic (exact) mass is 230 g/mol. The van der Waals surface area contributed by atoms with Crippen LogP contribution >= 0.6 is 0 Å². The van der Waals surface area contributed by atoms with E-state index in [1.165, 1.54) is 50.0 Å². The van der Waals surface area contributed by atoms with Crippen LogP contribution in [0.3, 0.4) is 0 Å². The van der Waals surface area contributed by atoms with Crippen LogP contribution in [0.1, 0.15) is 31.7 Å². The van der Waals surface area contributed by atoms with Crippen molar-refractivity contribution in [3.8, 4) is 0 Å². The van der Waals surface area contributed by atoms with Crippen molar-refractivity contribution in [1.29, 1.82) is 0 Å². The minimum absolute atomic E-state index is 0.625. The summed E-state index contributed by atoms with van der Waals surface area (Å²) < 4.78 is 0. The summed E-state index contributed by atoms with van der Waals surface area (Å²) in [5.74, 6) is 0. The molecule has 2 heterocycles. The van der Waals surface area contributed by atoms with E-state index in [1.54, 1.807) is 0 Å². The highest BCUT2D eigenvalue weighted by Gasteiger charge is 2.28. The number of nitrogens with zero attached hydrogens (tertiary/aromatic N) is 1. The molecule has 3 rings (SSSR count). The molecule has 2 aliphatic rings. The molecule has 2 unspecified atom stereocenters. The van der Waals surface area contributed by atoms with Gasteiger partial charge < -0.3 is 5.32 Å². The van der Waals surface area contributed by atoms with Gasteiger partial charge in [0.05, 0.1) is 0 Å². The molecule has 2 heteroatoms. The fourth-order valence-electron chi connectivity index (χ4n) is 3.37. The third-order valence-corrected chi connectivity index (χ3v) is 4.27. The second-order valence-electron chi connectivity index (χ2n) is 5.40. The van der Waals surface area contributed by atoms with E-state index >= 15 is 0 Å². The van der Waals surface area contributed by atoms with Crippen molar-refractivity contribution in [2.24, 2.45) is 0 Å². The Morgan fingerprint density at radius 1 is 1.35 bits per heavy atom. The highest BCUT2D eigenvalue weighted by atomic mass is 15.2. The molecule has 0 amide bonds. The maximum atomic E-state index is 3.66. The molecule has 92 valence electrons. The van der Waals surface area contributed by atoms with Crippen molar-refractivity contribution in [3.05, 3.63) is 29.8 Å². The molecule has 2 nitrogen and oxygen atoms in total. The fraction of sp³-hybridized carbons (Fsp3) is 0.600. The lowest BCUT2D eigenvalue weighted by Crippen LogP contribution is -2.38. The summed E-state index contributed by atoms with van der Waals surface area (Å²) in [4.78, 5) is 2.68. The molecule has 0 aliphatic carbocycles. The normalized spacial score (nSPS) is 28.1. The van der Waals surface area contributed by atoms with E-state index in [1.807, 2.05) is 0 Å². The van der Waals surface area contributed by atoms with Crippen molar-refractivity contribution >= 4 is 5.69 Å². The van der Waals surface area contributed by atoms with Crippen LogP contribution in [-0.4, -0.2) is 30.1 Å². The van der Waals surface area contributed by atoms with E-state index < -0.39 is 0 Å². The molecule has 0 aromatic heterocycles. The predicted molar refractivity (Wildman–Crippen MR) is 72.4 cm³/mol. The topological polar surface area (TPSA) is 15.3 Å². The van der Waals surface area contributed by atoms with Crippen LogP contribution in [0.4, 0.5) is 5.69 Å². The summed E-state index contributed by atoms with van der Waals surface area (Å²) in [6, 6.07) is 10.2. The molecular formula is C15H22N2. The maximum Gasteiger partial charge on any atom is 0.0429 e. The van der Waals surface area contributed by atoms with Gasteiger partial charge in [-0.05, 0) is 43.9 Å². The summed E-state index contributed by atoms with van der Waals surface area (Å²) in [5, 5.41) is 3.66. The first kappa shape index (κ1) is 11.1. The maximum absolute atomic E-state index is 3.66. The summed E-state index contributed by atoms with van der Waals surface area (Å²) in [6.45, 7) is 4.83. The van der Waals surface area contributed by atoms with Gasteiger partial charge in [0.2, 0.25) is 0 Å². The number of benzene rings is 1. The smallest absolute Gasteiger partial charge is 0.0429 e.